The Balaban J connectivity index is 1.66. The average Bonchev–Trinajstić information content (AvgIpc) is 2.47. The van der Waals surface area contributed by atoms with Crippen molar-refractivity contribution in [2.24, 2.45) is 0 Å². The number of nitrogens with zero attached hydrogens (tertiary/aromatic N) is 2. The molecule has 0 saturated carbocycles. The lowest BCUT2D eigenvalue weighted by atomic mass is 9.94. The molecule has 0 unspecified atom stereocenters. The molecule has 1 N–H and O–H groups in total. The highest BCUT2D eigenvalue weighted by Gasteiger charge is 2.30. The molecule has 0 aliphatic carbocycles. The Morgan fingerprint density at radius 2 is 2.10 bits per heavy atom. The van der Waals surface area contributed by atoms with E-state index < -0.39 is 5.60 Å². The smallest absolute Gasteiger partial charge is 0.0817 e. The highest BCUT2D eigenvalue weighted by Crippen LogP contribution is 2.22. The molecule has 112 valence electrons. The highest BCUT2D eigenvalue weighted by atomic mass is 16.5. The number of aromatic nitrogens is 1. The van der Waals surface area contributed by atoms with E-state index in [1.54, 1.807) is 0 Å². The number of likely N-dealkylation sites (N-methyl/N-ethyl adjacent to an activating group) is 1. The second-order valence-electron chi connectivity index (χ2n) is 6.04. The number of ether oxygens (including phenoxy) is 1. The van der Waals surface area contributed by atoms with Gasteiger partial charge in [-0.05, 0) is 30.8 Å². The summed E-state index contributed by atoms with van der Waals surface area (Å²) in [5.74, 6) is 0. The van der Waals surface area contributed by atoms with E-state index in [0.29, 0.717) is 19.8 Å². The van der Waals surface area contributed by atoms with Crippen LogP contribution in [0.5, 0.6) is 0 Å². The molecule has 3 rings (SSSR count). The third-order valence-electron chi connectivity index (χ3n) is 4.11. The molecule has 0 spiro atoms. The predicted octanol–water partition coefficient (Wildman–Crippen LogP) is 2.21. The van der Waals surface area contributed by atoms with E-state index in [-0.39, 0.29) is 0 Å². The maximum Gasteiger partial charge on any atom is 0.0817 e. The van der Waals surface area contributed by atoms with Crippen molar-refractivity contribution in [1.29, 1.82) is 0 Å². The van der Waals surface area contributed by atoms with Gasteiger partial charge in [0.05, 0.1) is 11.1 Å². The van der Waals surface area contributed by atoms with Crippen molar-refractivity contribution in [2.45, 2.75) is 25.0 Å². The Morgan fingerprint density at radius 3 is 2.90 bits per heavy atom. The second kappa shape index (κ2) is 6.10. The summed E-state index contributed by atoms with van der Waals surface area (Å²) in [5.41, 5.74) is 1.66. The predicted molar refractivity (Wildman–Crippen MR) is 83.1 cm³/mol. The molecular weight excluding hydrogens is 264 g/mol. The van der Waals surface area contributed by atoms with E-state index >= 15 is 0 Å². The molecule has 2 heterocycles. The zero-order valence-corrected chi connectivity index (χ0v) is 12.5. The number of hydrogen-bond donors (Lipinski definition) is 1. The van der Waals surface area contributed by atoms with Gasteiger partial charge in [-0.2, -0.15) is 0 Å². The molecular formula is C17H22N2O2. The van der Waals surface area contributed by atoms with Gasteiger partial charge in [0.1, 0.15) is 0 Å². The minimum absolute atomic E-state index is 0.606. The van der Waals surface area contributed by atoms with Crippen molar-refractivity contribution in [3.63, 3.8) is 0 Å². The summed E-state index contributed by atoms with van der Waals surface area (Å²) in [5, 5.41) is 11.7. The van der Waals surface area contributed by atoms with E-state index in [4.69, 9.17) is 4.74 Å². The van der Waals surface area contributed by atoms with Gasteiger partial charge in [-0.25, -0.2) is 0 Å². The summed E-state index contributed by atoms with van der Waals surface area (Å²) < 4.78 is 5.33. The van der Waals surface area contributed by atoms with Crippen LogP contribution in [0, 0.1) is 0 Å². The van der Waals surface area contributed by atoms with Crippen molar-refractivity contribution in [2.75, 3.05) is 26.8 Å². The molecule has 0 atom stereocenters. The summed E-state index contributed by atoms with van der Waals surface area (Å²) in [6.07, 6.45) is 3.26. The molecule has 1 fully saturated rings. The fourth-order valence-corrected chi connectivity index (χ4v) is 3.00. The van der Waals surface area contributed by atoms with E-state index in [2.05, 4.69) is 41.2 Å². The Kier molecular flexibility index (Phi) is 4.19. The minimum Gasteiger partial charge on any atom is -0.388 e. The van der Waals surface area contributed by atoms with Gasteiger partial charge in [0.2, 0.25) is 0 Å². The number of pyridine rings is 1. The molecule has 1 aliphatic rings. The number of benzene rings is 1. The summed E-state index contributed by atoms with van der Waals surface area (Å²) in [4.78, 5) is 6.52. The molecule has 0 amide bonds. The van der Waals surface area contributed by atoms with Crippen molar-refractivity contribution in [3.05, 3.63) is 42.1 Å². The highest BCUT2D eigenvalue weighted by molar-refractivity contribution is 5.78. The van der Waals surface area contributed by atoms with Gasteiger partial charge >= 0.3 is 0 Å². The van der Waals surface area contributed by atoms with Gasteiger partial charge < -0.3 is 9.84 Å². The number of aliphatic hydroxyl groups is 1. The fraction of sp³-hybridized carbons (Fsp3) is 0.471. The van der Waals surface area contributed by atoms with Crippen molar-refractivity contribution >= 4 is 10.9 Å². The van der Waals surface area contributed by atoms with Crippen molar-refractivity contribution < 1.29 is 9.84 Å². The van der Waals surface area contributed by atoms with E-state index in [1.807, 2.05) is 12.3 Å². The van der Waals surface area contributed by atoms with Crippen LogP contribution in [0.1, 0.15) is 18.4 Å². The first-order valence-electron chi connectivity index (χ1n) is 7.47. The molecule has 1 aliphatic heterocycles. The minimum atomic E-state index is -0.606. The zero-order chi connectivity index (χ0) is 14.7. The van der Waals surface area contributed by atoms with Gasteiger partial charge in [0.15, 0.2) is 0 Å². The maximum atomic E-state index is 10.6. The third kappa shape index (κ3) is 3.59. The Morgan fingerprint density at radius 1 is 1.29 bits per heavy atom. The van der Waals surface area contributed by atoms with E-state index in [9.17, 15) is 5.11 Å². The van der Waals surface area contributed by atoms with Gasteiger partial charge in [0.25, 0.3) is 0 Å². The third-order valence-corrected chi connectivity index (χ3v) is 4.11. The molecule has 2 aromatic rings. The molecule has 0 radical (unpaired) electrons. The second-order valence-corrected chi connectivity index (χ2v) is 6.04. The summed E-state index contributed by atoms with van der Waals surface area (Å²) in [7, 11) is 2.06. The van der Waals surface area contributed by atoms with Gasteiger partial charge in [0, 0.05) is 50.7 Å². The van der Waals surface area contributed by atoms with Crippen LogP contribution in [0.2, 0.25) is 0 Å². The van der Waals surface area contributed by atoms with E-state index in [1.165, 1.54) is 5.56 Å². The van der Waals surface area contributed by atoms with Crippen LogP contribution in [-0.4, -0.2) is 47.4 Å². The zero-order valence-electron chi connectivity index (χ0n) is 12.5. The average molecular weight is 286 g/mol. The summed E-state index contributed by atoms with van der Waals surface area (Å²) in [6, 6.07) is 10.4. The lowest BCUT2D eigenvalue weighted by molar-refractivity contribution is -0.0777. The van der Waals surface area contributed by atoms with Crippen molar-refractivity contribution in [3.8, 4) is 0 Å². The maximum absolute atomic E-state index is 10.6. The largest absolute Gasteiger partial charge is 0.388 e. The first-order valence-corrected chi connectivity index (χ1v) is 7.47. The normalized spacial score (nSPS) is 18.2. The number of fused-ring (bicyclic) bond motifs is 1. The van der Waals surface area contributed by atoms with Gasteiger partial charge in [-0.15, -0.1) is 0 Å². The number of rotatable bonds is 4. The van der Waals surface area contributed by atoms with Gasteiger partial charge in [-0.3, -0.25) is 9.88 Å². The lowest BCUT2D eigenvalue weighted by Crippen LogP contribution is -2.45. The van der Waals surface area contributed by atoms with Gasteiger partial charge in [-0.1, -0.05) is 12.1 Å². The standard InChI is InChI=1S/C17H22N2O2/c1-19(13-17(20)6-9-21-10-7-17)12-14-4-5-16-15(11-14)3-2-8-18-16/h2-5,8,11,20H,6-7,9-10,12-13H2,1H3. The van der Waals surface area contributed by atoms with Crippen LogP contribution >= 0.6 is 0 Å². The Bertz CT molecular complexity index is 609. The number of hydrogen-bond acceptors (Lipinski definition) is 4. The molecule has 0 bridgehead atoms. The first kappa shape index (κ1) is 14.4. The Labute approximate surface area is 125 Å². The quantitative estimate of drug-likeness (QED) is 0.936. The van der Waals surface area contributed by atoms with Crippen LogP contribution in [0.15, 0.2) is 36.5 Å². The molecule has 4 nitrogen and oxygen atoms in total. The fourth-order valence-electron chi connectivity index (χ4n) is 3.00. The molecule has 1 aromatic carbocycles. The van der Waals surface area contributed by atoms with E-state index in [0.717, 1.165) is 30.3 Å². The van der Waals surface area contributed by atoms with Crippen molar-refractivity contribution in [1.82, 2.24) is 9.88 Å². The van der Waals surface area contributed by atoms with Crippen LogP contribution in [0.3, 0.4) is 0 Å². The molecule has 4 heteroatoms. The van der Waals surface area contributed by atoms with Crippen LogP contribution in [-0.2, 0) is 11.3 Å². The topological polar surface area (TPSA) is 45.6 Å². The summed E-state index contributed by atoms with van der Waals surface area (Å²) >= 11 is 0. The summed E-state index contributed by atoms with van der Waals surface area (Å²) in [6.45, 7) is 2.83. The lowest BCUT2D eigenvalue weighted by Gasteiger charge is -2.35. The monoisotopic (exact) mass is 286 g/mol. The Hall–Kier alpha value is -1.49. The molecule has 21 heavy (non-hydrogen) atoms. The molecule has 1 aromatic heterocycles. The van der Waals surface area contributed by atoms with Crippen LogP contribution < -0.4 is 0 Å². The first-order chi connectivity index (χ1) is 10.1. The van der Waals surface area contributed by atoms with Crippen LogP contribution in [0.4, 0.5) is 0 Å². The molecule has 1 saturated heterocycles. The SMILES string of the molecule is CN(Cc1ccc2ncccc2c1)CC1(O)CCOCC1. The van der Waals surface area contributed by atoms with Crippen LogP contribution in [0.25, 0.3) is 10.9 Å².